The van der Waals surface area contributed by atoms with E-state index < -0.39 is 38.0 Å². The number of carbonyl (C=O) groups excluding carboxylic acids is 1. The molecule has 0 aliphatic carbocycles. The first kappa shape index (κ1) is 17.3. The lowest BCUT2D eigenvalue weighted by Gasteiger charge is -2.22. The van der Waals surface area contributed by atoms with Crippen LogP contribution >= 0.6 is 0 Å². The third-order valence-electron chi connectivity index (χ3n) is 2.69. The summed E-state index contributed by atoms with van der Waals surface area (Å²) >= 11 is 0. The Morgan fingerprint density at radius 2 is 1.86 bits per heavy atom. The molecule has 0 radical (unpaired) electrons. The summed E-state index contributed by atoms with van der Waals surface area (Å²) in [6, 6.07) is 0.949. The highest BCUT2D eigenvalue weighted by Gasteiger charge is 2.25. The molecule has 0 fully saturated rings. The Balaban J connectivity index is 3.44. The maximum absolute atomic E-state index is 13.3. The van der Waals surface area contributed by atoms with Gasteiger partial charge in [0.05, 0.1) is 10.5 Å². The van der Waals surface area contributed by atoms with E-state index in [2.05, 4.69) is 6.58 Å². The summed E-state index contributed by atoms with van der Waals surface area (Å²) in [6.45, 7) is 7.41. The van der Waals surface area contributed by atoms with Crippen LogP contribution in [0.3, 0.4) is 0 Å². The molecular weight excluding hydrogens is 302 g/mol. The molecule has 0 aliphatic rings. The number of nitrogens with two attached hydrogens (primary N) is 1. The van der Waals surface area contributed by atoms with Gasteiger partial charge in [-0.2, -0.15) is 0 Å². The zero-order chi connectivity index (χ0) is 16.4. The lowest BCUT2D eigenvalue weighted by atomic mass is 10.1. The lowest BCUT2D eigenvalue weighted by Crippen LogP contribution is -2.33. The monoisotopic (exact) mass is 318 g/mol. The van der Waals surface area contributed by atoms with Crippen LogP contribution in [0.4, 0.5) is 8.78 Å². The SMILES string of the molecule is C=C(C)CN(CC)C(=O)c1cc(F)c(F)cc1S(N)(=O)=O. The van der Waals surface area contributed by atoms with Gasteiger partial charge in [0.2, 0.25) is 10.0 Å². The van der Waals surface area contributed by atoms with Crippen LogP contribution in [-0.2, 0) is 10.0 Å². The number of hydrogen-bond acceptors (Lipinski definition) is 3. The van der Waals surface area contributed by atoms with Gasteiger partial charge in [-0.25, -0.2) is 22.3 Å². The predicted molar refractivity (Wildman–Crippen MR) is 74.1 cm³/mol. The molecule has 116 valence electrons. The summed E-state index contributed by atoms with van der Waals surface area (Å²) < 4.78 is 49.5. The van der Waals surface area contributed by atoms with E-state index in [9.17, 15) is 22.0 Å². The van der Waals surface area contributed by atoms with E-state index in [0.29, 0.717) is 17.7 Å². The van der Waals surface area contributed by atoms with Crippen LogP contribution in [0.1, 0.15) is 24.2 Å². The quantitative estimate of drug-likeness (QED) is 0.838. The molecule has 1 aromatic carbocycles. The zero-order valence-corrected chi connectivity index (χ0v) is 12.5. The largest absolute Gasteiger partial charge is 0.335 e. The predicted octanol–water partition coefficient (Wildman–Crippen LogP) is 1.65. The molecule has 0 heterocycles. The van der Waals surface area contributed by atoms with E-state index in [1.807, 2.05) is 0 Å². The minimum Gasteiger partial charge on any atom is -0.335 e. The summed E-state index contributed by atoms with van der Waals surface area (Å²) in [5.74, 6) is -3.47. The highest BCUT2D eigenvalue weighted by molar-refractivity contribution is 7.89. The highest BCUT2D eigenvalue weighted by Crippen LogP contribution is 2.21. The van der Waals surface area contributed by atoms with E-state index in [1.54, 1.807) is 13.8 Å². The first-order valence-electron chi connectivity index (χ1n) is 6.03. The Bertz CT molecular complexity index is 687. The second-order valence-corrected chi connectivity index (χ2v) is 6.11. The Morgan fingerprint density at radius 1 is 1.33 bits per heavy atom. The van der Waals surface area contributed by atoms with Crippen molar-refractivity contribution in [2.75, 3.05) is 13.1 Å². The molecule has 0 saturated carbocycles. The number of rotatable bonds is 5. The molecule has 8 heteroatoms. The molecule has 2 N–H and O–H groups in total. The van der Waals surface area contributed by atoms with Gasteiger partial charge >= 0.3 is 0 Å². The normalized spacial score (nSPS) is 11.3. The van der Waals surface area contributed by atoms with E-state index in [4.69, 9.17) is 5.14 Å². The van der Waals surface area contributed by atoms with Crippen LogP contribution in [0, 0.1) is 11.6 Å². The highest BCUT2D eigenvalue weighted by atomic mass is 32.2. The summed E-state index contributed by atoms with van der Waals surface area (Å²) in [6.07, 6.45) is 0. The number of sulfonamides is 1. The number of benzene rings is 1. The molecule has 1 rings (SSSR count). The third kappa shape index (κ3) is 4.08. The maximum atomic E-state index is 13.3. The molecule has 0 aromatic heterocycles. The summed E-state index contributed by atoms with van der Waals surface area (Å²) in [7, 11) is -4.36. The van der Waals surface area contributed by atoms with Crippen molar-refractivity contribution < 1.29 is 22.0 Å². The van der Waals surface area contributed by atoms with Gasteiger partial charge in [0, 0.05) is 13.1 Å². The van der Waals surface area contributed by atoms with E-state index in [0.717, 1.165) is 0 Å². The first-order valence-corrected chi connectivity index (χ1v) is 7.58. The van der Waals surface area contributed by atoms with Gasteiger partial charge in [0.25, 0.3) is 5.91 Å². The van der Waals surface area contributed by atoms with Crippen molar-refractivity contribution in [2.24, 2.45) is 5.14 Å². The van der Waals surface area contributed by atoms with Crippen molar-refractivity contribution in [3.05, 3.63) is 41.5 Å². The first-order chi connectivity index (χ1) is 9.57. The number of hydrogen-bond donors (Lipinski definition) is 1. The van der Waals surface area contributed by atoms with Crippen LogP contribution in [0.2, 0.25) is 0 Å². The van der Waals surface area contributed by atoms with Gasteiger partial charge in [-0.3, -0.25) is 4.79 Å². The maximum Gasteiger partial charge on any atom is 0.255 e. The summed E-state index contributed by atoms with van der Waals surface area (Å²) in [4.78, 5) is 12.8. The molecule has 5 nitrogen and oxygen atoms in total. The average molecular weight is 318 g/mol. The van der Waals surface area contributed by atoms with Gasteiger partial charge in [0.1, 0.15) is 0 Å². The Labute approximate surface area is 122 Å². The van der Waals surface area contributed by atoms with Crippen LogP contribution in [-0.4, -0.2) is 32.3 Å². The summed E-state index contributed by atoms with van der Waals surface area (Å²) in [5, 5.41) is 4.95. The Kier molecular flexibility index (Phi) is 5.19. The minimum absolute atomic E-state index is 0.165. The Morgan fingerprint density at radius 3 is 2.29 bits per heavy atom. The molecule has 1 aromatic rings. The van der Waals surface area contributed by atoms with Crippen LogP contribution in [0.15, 0.2) is 29.2 Å². The van der Waals surface area contributed by atoms with Gasteiger partial charge in [-0.05, 0) is 26.0 Å². The number of carbonyl (C=O) groups is 1. The lowest BCUT2D eigenvalue weighted by molar-refractivity contribution is 0.0773. The molecule has 21 heavy (non-hydrogen) atoms. The van der Waals surface area contributed by atoms with Gasteiger partial charge in [0.15, 0.2) is 11.6 Å². The number of nitrogens with zero attached hydrogens (tertiary/aromatic N) is 1. The number of amides is 1. The summed E-state index contributed by atoms with van der Waals surface area (Å²) in [5.41, 5.74) is 0.157. The van der Waals surface area contributed by atoms with Crippen LogP contribution < -0.4 is 5.14 Å². The average Bonchev–Trinajstić information content (AvgIpc) is 2.36. The smallest absolute Gasteiger partial charge is 0.255 e. The molecule has 0 bridgehead atoms. The van der Waals surface area contributed by atoms with E-state index >= 15 is 0 Å². The molecule has 1 amide bonds. The molecule has 0 spiro atoms. The fourth-order valence-corrected chi connectivity index (χ4v) is 2.47. The van der Waals surface area contributed by atoms with Gasteiger partial charge < -0.3 is 4.90 Å². The van der Waals surface area contributed by atoms with Crippen LogP contribution in [0.5, 0.6) is 0 Å². The molecule has 0 unspecified atom stereocenters. The van der Waals surface area contributed by atoms with Crippen molar-refractivity contribution in [1.29, 1.82) is 0 Å². The standard InChI is InChI=1S/C13H16F2N2O3S/c1-4-17(7-8(2)3)13(18)9-5-10(14)11(15)6-12(9)21(16,19)20/h5-6H,2,4,7H2,1,3H3,(H2,16,19,20). The minimum atomic E-state index is -4.36. The van der Waals surface area contributed by atoms with Gasteiger partial charge in [-0.15, -0.1) is 0 Å². The molecule has 0 atom stereocenters. The molecule has 0 aliphatic heterocycles. The van der Waals surface area contributed by atoms with Crippen molar-refractivity contribution in [3.8, 4) is 0 Å². The number of likely N-dealkylation sites (N-methyl/N-ethyl adjacent to an activating group) is 1. The van der Waals surface area contributed by atoms with Crippen molar-refractivity contribution >= 4 is 15.9 Å². The molecule has 0 saturated heterocycles. The van der Waals surface area contributed by atoms with Crippen LogP contribution in [0.25, 0.3) is 0 Å². The zero-order valence-electron chi connectivity index (χ0n) is 11.7. The van der Waals surface area contributed by atoms with E-state index in [-0.39, 0.29) is 13.1 Å². The number of halogens is 2. The van der Waals surface area contributed by atoms with E-state index in [1.165, 1.54) is 4.90 Å². The van der Waals surface area contributed by atoms with Crippen molar-refractivity contribution in [2.45, 2.75) is 18.7 Å². The second-order valence-electron chi connectivity index (χ2n) is 4.58. The second kappa shape index (κ2) is 6.31. The van der Waals surface area contributed by atoms with Crippen molar-refractivity contribution in [1.82, 2.24) is 4.90 Å². The molecular formula is C13H16F2N2O3S. The number of primary sulfonamides is 1. The third-order valence-corrected chi connectivity index (χ3v) is 3.64. The topological polar surface area (TPSA) is 80.5 Å². The fraction of sp³-hybridized carbons (Fsp3) is 0.308. The van der Waals surface area contributed by atoms with Gasteiger partial charge in [-0.1, -0.05) is 12.2 Å². The fourth-order valence-electron chi connectivity index (χ4n) is 1.75. The Hall–Kier alpha value is -1.80. The van der Waals surface area contributed by atoms with Crippen molar-refractivity contribution in [3.63, 3.8) is 0 Å².